The molecule has 1 aliphatic carbocycles. The van der Waals surface area contributed by atoms with Gasteiger partial charge in [-0.1, -0.05) is 12.1 Å². The van der Waals surface area contributed by atoms with E-state index in [4.69, 9.17) is 4.74 Å². The van der Waals surface area contributed by atoms with E-state index in [-0.39, 0.29) is 5.91 Å². The van der Waals surface area contributed by atoms with Gasteiger partial charge in [-0.2, -0.15) is 0 Å². The Morgan fingerprint density at radius 2 is 2.19 bits per heavy atom. The summed E-state index contributed by atoms with van der Waals surface area (Å²) in [4.78, 5) is 16.2. The monoisotopic (exact) mass is 358 g/mol. The fourth-order valence-electron chi connectivity index (χ4n) is 3.02. The molecule has 1 heterocycles. The first-order valence-corrected chi connectivity index (χ1v) is 9.80. The molecule has 6 heteroatoms. The van der Waals surface area contributed by atoms with E-state index in [0.717, 1.165) is 63.5 Å². The molecule has 0 radical (unpaired) electrons. The predicted molar refractivity (Wildman–Crippen MR) is 104 cm³/mol. The molecule has 1 amide bonds. The van der Waals surface area contributed by atoms with Gasteiger partial charge in [0, 0.05) is 38.5 Å². The topological polar surface area (TPSA) is 74.8 Å². The van der Waals surface area contributed by atoms with Crippen LogP contribution in [0.5, 0.6) is 5.75 Å². The maximum atomic E-state index is 11.7. The second-order valence-corrected chi connectivity index (χ2v) is 6.92. The number of nitrogens with zero attached hydrogens (tertiary/aromatic N) is 1. The van der Waals surface area contributed by atoms with E-state index in [0.29, 0.717) is 19.0 Å². The van der Waals surface area contributed by atoms with Crippen molar-refractivity contribution in [2.75, 3.05) is 26.2 Å². The van der Waals surface area contributed by atoms with Crippen molar-refractivity contribution >= 4 is 11.9 Å². The zero-order valence-electron chi connectivity index (χ0n) is 15.6. The van der Waals surface area contributed by atoms with E-state index in [1.807, 2.05) is 0 Å². The molecule has 26 heavy (non-hydrogen) atoms. The summed E-state index contributed by atoms with van der Waals surface area (Å²) in [5.41, 5.74) is 2.63. The van der Waals surface area contributed by atoms with Crippen LogP contribution in [0.15, 0.2) is 23.2 Å². The molecule has 1 fully saturated rings. The number of hydrogen-bond donors (Lipinski definition) is 3. The van der Waals surface area contributed by atoms with Gasteiger partial charge < -0.3 is 20.7 Å². The minimum Gasteiger partial charge on any atom is -0.493 e. The summed E-state index contributed by atoms with van der Waals surface area (Å²) in [5, 5.41) is 9.64. The second-order valence-electron chi connectivity index (χ2n) is 6.92. The quantitative estimate of drug-likeness (QED) is 0.357. The van der Waals surface area contributed by atoms with Crippen LogP contribution in [0.1, 0.15) is 43.7 Å². The lowest BCUT2D eigenvalue weighted by Gasteiger charge is -2.11. The van der Waals surface area contributed by atoms with Crippen molar-refractivity contribution < 1.29 is 9.53 Å². The lowest BCUT2D eigenvalue weighted by atomic mass is 10.1. The zero-order valence-corrected chi connectivity index (χ0v) is 15.6. The lowest BCUT2D eigenvalue weighted by molar-refractivity contribution is -0.121. The summed E-state index contributed by atoms with van der Waals surface area (Å²) in [6, 6.07) is 6.89. The molecule has 0 aromatic heterocycles. The van der Waals surface area contributed by atoms with Gasteiger partial charge in [0.1, 0.15) is 5.75 Å². The molecule has 3 rings (SSSR count). The van der Waals surface area contributed by atoms with Crippen molar-refractivity contribution in [3.8, 4) is 5.75 Å². The van der Waals surface area contributed by atoms with E-state index < -0.39 is 0 Å². The molecule has 0 bridgehead atoms. The minimum absolute atomic E-state index is 0.154. The Morgan fingerprint density at radius 3 is 3.00 bits per heavy atom. The standard InChI is InChI=1S/C20H30N4O2/c1-2-21-20(22-11-3-4-19(25)24-17-6-7-17)23-12-9-15-5-8-18-16(14-15)10-13-26-18/h5,8,14,17H,2-4,6-7,9-13H2,1H3,(H,24,25)(H2,21,22,23). The van der Waals surface area contributed by atoms with Crippen LogP contribution in [0.4, 0.5) is 0 Å². The van der Waals surface area contributed by atoms with Crippen LogP contribution in [0, 0.1) is 0 Å². The number of amides is 1. The molecule has 0 spiro atoms. The number of carbonyl (C=O) groups excluding carboxylic acids is 1. The maximum absolute atomic E-state index is 11.7. The number of ether oxygens (including phenoxy) is 1. The Kier molecular flexibility index (Phi) is 6.75. The number of hydrogen-bond acceptors (Lipinski definition) is 3. The Labute approximate surface area is 155 Å². The molecule has 2 aliphatic rings. The molecule has 1 aliphatic heterocycles. The summed E-state index contributed by atoms with van der Waals surface area (Å²) >= 11 is 0. The number of carbonyl (C=O) groups is 1. The van der Waals surface area contributed by atoms with Crippen LogP contribution >= 0.6 is 0 Å². The normalized spacial score (nSPS) is 16.0. The predicted octanol–water partition coefficient (Wildman–Crippen LogP) is 1.78. The van der Waals surface area contributed by atoms with Crippen molar-refractivity contribution in [2.45, 2.75) is 51.5 Å². The zero-order chi connectivity index (χ0) is 18.2. The number of benzene rings is 1. The molecule has 0 unspecified atom stereocenters. The summed E-state index contributed by atoms with van der Waals surface area (Å²) in [6.07, 6.45) is 5.55. The van der Waals surface area contributed by atoms with E-state index >= 15 is 0 Å². The van der Waals surface area contributed by atoms with E-state index in [9.17, 15) is 4.79 Å². The largest absolute Gasteiger partial charge is 0.493 e. The first kappa shape index (κ1) is 18.5. The molecule has 142 valence electrons. The first-order chi connectivity index (χ1) is 12.7. The van der Waals surface area contributed by atoms with Gasteiger partial charge in [-0.25, -0.2) is 0 Å². The first-order valence-electron chi connectivity index (χ1n) is 9.80. The molecule has 1 saturated carbocycles. The Morgan fingerprint density at radius 1 is 1.31 bits per heavy atom. The number of aliphatic imine (C=N–C) groups is 1. The average molecular weight is 358 g/mol. The van der Waals surface area contributed by atoms with Crippen LogP contribution in [0.3, 0.4) is 0 Å². The van der Waals surface area contributed by atoms with Gasteiger partial charge in [0.2, 0.25) is 5.91 Å². The van der Waals surface area contributed by atoms with Crippen LogP contribution in [0.2, 0.25) is 0 Å². The molecule has 0 saturated heterocycles. The SMILES string of the molecule is CCNC(=NCCCC(=O)NC1CC1)NCCc1ccc2c(c1)CCO2. The highest BCUT2D eigenvalue weighted by Gasteiger charge is 2.22. The van der Waals surface area contributed by atoms with E-state index in [2.05, 4.69) is 46.1 Å². The number of rotatable bonds is 9. The van der Waals surface area contributed by atoms with Crippen molar-refractivity contribution in [3.63, 3.8) is 0 Å². The molecule has 3 N–H and O–H groups in total. The van der Waals surface area contributed by atoms with Gasteiger partial charge in [-0.15, -0.1) is 0 Å². The average Bonchev–Trinajstić information content (AvgIpc) is 3.31. The minimum atomic E-state index is 0.154. The van der Waals surface area contributed by atoms with E-state index in [1.54, 1.807) is 0 Å². The second kappa shape index (κ2) is 9.46. The maximum Gasteiger partial charge on any atom is 0.220 e. The highest BCUT2D eigenvalue weighted by atomic mass is 16.5. The van der Waals surface area contributed by atoms with Gasteiger partial charge in [0.15, 0.2) is 5.96 Å². The van der Waals surface area contributed by atoms with Crippen LogP contribution < -0.4 is 20.7 Å². The highest BCUT2D eigenvalue weighted by molar-refractivity contribution is 5.80. The van der Waals surface area contributed by atoms with Crippen LogP contribution in [0.25, 0.3) is 0 Å². The number of nitrogens with one attached hydrogen (secondary N) is 3. The van der Waals surface area contributed by atoms with Crippen LogP contribution in [-0.4, -0.2) is 44.1 Å². The molecular weight excluding hydrogens is 328 g/mol. The van der Waals surface area contributed by atoms with Crippen molar-refractivity contribution in [1.82, 2.24) is 16.0 Å². The number of fused-ring (bicyclic) bond motifs is 1. The molecular formula is C20H30N4O2. The third-order valence-corrected chi connectivity index (χ3v) is 4.58. The van der Waals surface area contributed by atoms with Gasteiger partial charge in [0.05, 0.1) is 6.61 Å². The third kappa shape index (κ3) is 5.93. The molecule has 0 atom stereocenters. The summed E-state index contributed by atoms with van der Waals surface area (Å²) < 4.78 is 5.55. The van der Waals surface area contributed by atoms with Crippen molar-refractivity contribution in [2.24, 2.45) is 4.99 Å². The lowest BCUT2D eigenvalue weighted by Crippen LogP contribution is -2.38. The van der Waals surface area contributed by atoms with Gasteiger partial charge in [-0.05, 0) is 49.8 Å². The van der Waals surface area contributed by atoms with Gasteiger partial charge in [0.25, 0.3) is 0 Å². The summed E-state index contributed by atoms with van der Waals surface area (Å²) in [5.74, 6) is 2.00. The summed E-state index contributed by atoms with van der Waals surface area (Å²) in [7, 11) is 0. The Balaban J connectivity index is 1.37. The van der Waals surface area contributed by atoms with Gasteiger partial charge >= 0.3 is 0 Å². The third-order valence-electron chi connectivity index (χ3n) is 4.58. The summed E-state index contributed by atoms with van der Waals surface area (Å²) in [6.45, 7) is 5.16. The van der Waals surface area contributed by atoms with Gasteiger partial charge in [-0.3, -0.25) is 9.79 Å². The Hall–Kier alpha value is -2.24. The van der Waals surface area contributed by atoms with Crippen LogP contribution in [-0.2, 0) is 17.6 Å². The number of guanidine groups is 1. The Bertz CT molecular complexity index is 641. The molecule has 1 aromatic carbocycles. The fourth-order valence-corrected chi connectivity index (χ4v) is 3.02. The molecule has 6 nitrogen and oxygen atoms in total. The smallest absolute Gasteiger partial charge is 0.220 e. The fraction of sp³-hybridized carbons (Fsp3) is 0.600. The van der Waals surface area contributed by atoms with Crippen molar-refractivity contribution in [3.05, 3.63) is 29.3 Å². The van der Waals surface area contributed by atoms with Crippen molar-refractivity contribution in [1.29, 1.82) is 0 Å². The highest BCUT2D eigenvalue weighted by Crippen LogP contribution is 2.25. The van der Waals surface area contributed by atoms with E-state index in [1.165, 1.54) is 11.1 Å². The molecule has 1 aromatic rings.